The Morgan fingerprint density at radius 1 is 0.381 bits per heavy atom. The lowest BCUT2D eigenvalue weighted by Crippen LogP contribution is -2.29. The minimum atomic E-state index is -0.450. The second kappa shape index (κ2) is 10.2. The zero-order chi connectivity index (χ0) is 28.8. The lowest BCUT2D eigenvalue weighted by Gasteiger charge is -2.36. The van der Waals surface area contributed by atoms with E-state index in [9.17, 15) is 0 Å². The van der Waals surface area contributed by atoms with Gasteiger partial charge >= 0.3 is 0 Å². The Morgan fingerprint density at radius 2 is 0.833 bits per heavy atom. The molecule has 204 valence electrons. The Balaban J connectivity index is 1.59. The molecule has 0 spiro atoms. The largest absolute Gasteiger partial charge is 0.310 e. The fourth-order valence-electron chi connectivity index (χ4n) is 7.18. The summed E-state index contributed by atoms with van der Waals surface area (Å²) >= 11 is 0. The first kappa shape index (κ1) is 26.0. The van der Waals surface area contributed by atoms with Crippen LogP contribution >= 0.6 is 0 Å². The molecular weight excluding hydrogens is 506 g/mol. The molecule has 0 fully saturated rings. The van der Waals surface area contributed by atoms with Crippen molar-refractivity contribution >= 4 is 17.1 Å². The molecule has 6 aromatic carbocycles. The normalized spacial score (nSPS) is 13.0. The minimum Gasteiger partial charge on any atom is -0.310 e. The molecule has 1 heteroatoms. The number of para-hydroxylation sites is 2. The number of hydrogen-bond acceptors (Lipinski definition) is 1. The van der Waals surface area contributed by atoms with Crippen LogP contribution in [0.25, 0.3) is 11.1 Å². The topological polar surface area (TPSA) is 3.24 Å². The molecule has 0 unspecified atom stereocenters. The maximum Gasteiger partial charge on any atom is 0.0714 e. The monoisotopic (exact) mass is 541 g/mol. The molecule has 0 amide bonds. The summed E-state index contributed by atoms with van der Waals surface area (Å²) < 4.78 is 0. The first-order valence-corrected chi connectivity index (χ1v) is 14.8. The molecule has 0 aromatic heterocycles. The quantitative estimate of drug-likeness (QED) is 0.209. The van der Waals surface area contributed by atoms with Gasteiger partial charge in [0.15, 0.2) is 0 Å². The van der Waals surface area contributed by atoms with Crippen molar-refractivity contribution in [3.63, 3.8) is 0 Å². The molecule has 0 N–H and O–H groups in total. The third kappa shape index (κ3) is 4.16. The number of rotatable bonds is 5. The lowest BCUT2D eigenvalue weighted by molar-refractivity contribution is 0.763. The number of benzene rings is 6. The molecule has 7 rings (SSSR count). The van der Waals surface area contributed by atoms with Crippen LogP contribution in [0.1, 0.15) is 44.5 Å². The molecule has 0 bridgehead atoms. The molecule has 0 atom stereocenters. The average Bonchev–Trinajstić information content (AvgIpc) is 3.28. The third-order valence-electron chi connectivity index (χ3n) is 8.62. The molecule has 0 saturated carbocycles. The zero-order valence-corrected chi connectivity index (χ0v) is 24.7. The van der Waals surface area contributed by atoms with E-state index in [1.54, 1.807) is 0 Å². The molecule has 0 saturated heterocycles. The van der Waals surface area contributed by atoms with Crippen LogP contribution in [-0.2, 0) is 5.41 Å². The predicted molar refractivity (Wildman–Crippen MR) is 177 cm³/mol. The van der Waals surface area contributed by atoms with Gasteiger partial charge in [0.2, 0.25) is 0 Å². The molecular formula is C41H35N. The van der Waals surface area contributed by atoms with Gasteiger partial charge in [0, 0.05) is 17.1 Å². The van der Waals surface area contributed by atoms with E-state index < -0.39 is 5.41 Å². The standard InChI is InChI=1S/C41H35N/c1-28-21-29(2)24-32(23-28)41(33-25-30(3)22-31(4)26-33)39-18-12-11-17-37(39)38-20-19-36(27-40(38)41)42(34-13-7-5-8-14-34)35-15-9-6-10-16-35/h5-27H,1-4H3. The fourth-order valence-corrected chi connectivity index (χ4v) is 7.18. The fraction of sp³-hybridized carbons (Fsp3) is 0.122. The SMILES string of the molecule is Cc1cc(C)cc(C2(c3cc(C)cc(C)c3)c3ccccc3-c3ccc(N(c4ccccc4)c4ccccc4)cc32)c1. The van der Waals surface area contributed by atoms with Crippen molar-refractivity contribution in [2.24, 2.45) is 0 Å². The highest BCUT2D eigenvalue weighted by Gasteiger charge is 2.46. The Hall–Kier alpha value is -4.88. The van der Waals surface area contributed by atoms with Crippen molar-refractivity contribution < 1.29 is 0 Å². The number of hydrogen-bond donors (Lipinski definition) is 0. The summed E-state index contributed by atoms with van der Waals surface area (Å²) in [6, 6.07) is 51.6. The summed E-state index contributed by atoms with van der Waals surface area (Å²) in [5, 5.41) is 0. The predicted octanol–water partition coefficient (Wildman–Crippen LogP) is 10.8. The van der Waals surface area contributed by atoms with Gasteiger partial charge in [0.25, 0.3) is 0 Å². The van der Waals surface area contributed by atoms with E-state index in [0.717, 1.165) is 17.1 Å². The van der Waals surface area contributed by atoms with Crippen LogP contribution in [0.4, 0.5) is 17.1 Å². The molecule has 0 heterocycles. The van der Waals surface area contributed by atoms with E-state index in [-0.39, 0.29) is 0 Å². The van der Waals surface area contributed by atoms with Crippen LogP contribution in [-0.4, -0.2) is 0 Å². The smallest absolute Gasteiger partial charge is 0.0714 e. The molecule has 1 aliphatic carbocycles. The molecule has 1 nitrogen and oxygen atoms in total. The molecule has 0 radical (unpaired) electrons. The van der Waals surface area contributed by atoms with E-state index in [0.29, 0.717) is 0 Å². The van der Waals surface area contributed by atoms with Crippen LogP contribution in [0.3, 0.4) is 0 Å². The van der Waals surface area contributed by atoms with Crippen molar-refractivity contribution in [3.8, 4) is 11.1 Å². The second-order valence-corrected chi connectivity index (χ2v) is 11.8. The van der Waals surface area contributed by atoms with Gasteiger partial charge in [-0.25, -0.2) is 0 Å². The molecule has 1 aliphatic rings. The maximum atomic E-state index is 2.45. The molecule has 0 aliphatic heterocycles. The van der Waals surface area contributed by atoms with Crippen molar-refractivity contribution in [1.29, 1.82) is 0 Å². The van der Waals surface area contributed by atoms with Gasteiger partial charge in [-0.15, -0.1) is 0 Å². The van der Waals surface area contributed by atoms with Gasteiger partial charge in [0.1, 0.15) is 0 Å². The van der Waals surface area contributed by atoms with Crippen LogP contribution in [0.2, 0.25) is 0 Å². The van der Waals surface area contributed by atoms with Crippen molar-refractivity contribution in [3.05, 3.63) is 184 Å². The number of anilines is 3. The Labute approximate surface area is 249 Å². The number of fused-ring (bicyclic) bond motifs is 3. The van der Waals surface area contributed by atoms with Gasteiger partial charge in [-0.05, 0) is 97.5 Å². The minimum absolute atomic E-state index is 0.450. The summed E-state index contributed by atoms with van der Waals surface area (Å²) in [4.78, 5) is 2.37. The number of nitrogens with zero attached hydrogens (tertiary/aromatic N) is 1. The van der Waals surface area contributed by atoms with E-state index in [2.05, 4.69) is 172 Å². The highest BCUT2D eigenvalue weighted by Crippen LogP contribution is 2.57. The van der Waals surface area contributed by atoms with Gasteiger partial charge < -0.3 is 4.90 Å². The van der Waals surface area contributed by atoms with Gasteiger partial charge in [0.05, 0.1) is 5.41 Å². The highest BCUT2D eigenvalue weighted by molar-refractivity contribution is 5.89. The van der Waals surface area contributed by atoms with Crippen molar-refractivity contribution in [2.45, 2.75) is 33.1 Å². The maximum absolute atomic E-state index is 2.45. The number of aryl methyl sites for hydroxylation is 4. The molecule has 6 aromatic rings. The van der Waals surface area contributed by atoms with Crippen molar-refractivity contribution in [2.75, 3.05) is 4.90 Å². The third-order valence-corrected chi connectivity index (χ3v) is 8.62. The van der Waals surface area contributed by atoms with Crippen molar-refractivity contribution in [1.82, 2.24) is 0 Å². The van der Waals surface area contributed by atoms with Crippen LogP contribution < -0.4 is 4.90 Å². The zero-order valence-electron chi connectivity index (χ0n) is 24.7. The van der Waals surface area contributed by atoms with E-state index in [4.69, 9.17) is 0 Å². The molecule has 42 heavy (non-hydrogen) atoms. The Bertz CT molecular complexity index is 1790. The lowest BCUT2D eigenvalue weighted by atomic mass is 9.66. The highest BCUT2D eigenvalue weighted by atomic mass is 15.1. The Morgan fingerprint density at radius 3 is 1.36 bits per heavy atom. The Kier molecular flexibility index (Phi) is 6.32. The van der Waals surface area contributed by atoms with Crippen LogP contribution in [0.15, 0.2) is 140 Å². The van der Waals surface area contributed by atoms with Crippen LogP contribution in [0, 0.1) is 27.7 Å². The summed E-state index contributed by atoms with van der Waals surface area (Å²) in [5.41, 5.74) is 16.0. The summed E-state index contributed by atoms with van der Waals surface area (Å²) in [6.45, 7) is 8.87. The average molecular weight is 542 g/mol. The van der Waals surface area contributed by atoms with E-state index in [1.165, 1.54) is 55.6 Å². The first-order chi connectivity index (χ1) is 20.4. The van der Waals surface area contributed by atoms with Crippen LogP contribution in [0.5, 0.6) is 0 Å². The van der Waals surface area contributed by atoms with E-state index >= 15 is 0 Å². The van der Waals surface area contributed by atoms with Gasteiger partial charge in [-0.3, -0.25) is 0 Å². The summed E-state index contributed by atoms with van der Waals surface area (Å²) in [7, 11) is 0. The summed E-state index contributed by atoms with van der Waals surface area (Å²) in [6.07, 6.45) is 0. The van der Waals surface area contributed by atoms with Gasteiger partial charge in [-0.1, -0.05) is 125 Å². The van der Waals surface area contributed by atoms with Gasteiger partial charge in [-0.2, -0.15) is 0 Å². The summed E-state index contributed by atoms with van der Waals surface area (Å²) in [5.74, 6) is 0. The first-order valence-electron chi connectivity index (χ1n) is 14.8. The van der Waals surface area contributed by atoms with E-state index in [1.807, 2.05) is 0 Å². The second-order valence-electron chi connectivity index (χ2n) is 11.8.